The van der Waals surface area contributed by atoms with E-state index in [0.717, 1.165) is 29.4 Å². The maximum Gasteiger partial charge on any atom is 0.183 e. The first kappa shape index (κ1) is 12.7. The van der Waals surface area contributed by atoms with E-state index < -0.39 is 0 Å². The molecule has 3 N–H and O–H groups in total. The van der Waals surface area contributed by atoms with Crippen molar-refractivity contribution in [3.05, 3.63) is 18.2 Å². The predicted octanol–water partition coefficient (Wildman–Crippen LogP) is 2.78. The highest BCUT2D eigenvalue weighted by Gasteiger charge is 2.09. The van der Waals surface area contributed by atoms with Crippen LogP contribution in [0.5, 0.6) is 0 Å². The highest BCUT2D eigenvalue weighted by molar-refractivity contribution is 7.22. The van der Waals surface area contributed by atoms with Crippen LogP contribution in [-0.2, 0) is 0 Å². The summed E-state index contributed by atoms with van der Waals surface area (Å²) in [5.41, 5.74) is 7.54. The van der Waals surface area contributed by atoms with Crippen molar-refractivity contribution in [2.45, 2.75) is 19.3 Å². The Balaban J connectivity index is 1.56. The number of piperidine rings is 1. The molecule has 0 unspecified atom stereocenters. The number of nitrogens with zero attached hydrogens (tertiary/aromatic N) is 2. The Labute approximate surface area is 117 Å². The summed E-state index contributed by atoms with van der Waals surface area (Å²) < 4.78 is 1.19. The van der Waals surface area contributed by atoms with Crippen molar-refractivity contribution < 1.29 is 0 Å². The van der Waals surface area contributed by atoms with Gasteiger partial charge in [-0.1, -0.05) is 17.8 Å². The second kappa shape index (κ2) is 5.75. The highest BCUT2D eigenvalue weighted by Crippen LogP contribution is 2.27. The molecule has 0 spiro atoms. The lowest BCUT2D eigenvalue weighted by Crippen LogP contribution is -2.33. The number of hydrogen-bond donors (Lipinski definition) is 2. The van der Waals surface area contributed by atoms with Crippen molar-refractivity contribution in [2.24, 2.45) is 0 Å². The first-order chi connectivity index (χ1) is 9.31. The number of aromatic nitrogens is 1. The minimum atomic E-state index is 0.776. The lowest BCUT2D eigenvalue weighted by atomic mass is 10.1. The van der Waals surface area contributed by atoms with Gasteiger partial charge in [-0.15, -0.1) is 0 Å². The van der Waals surface area contributed by atoms with Crippen LogP contribution < -0.4 is 11.1 Å². The molecule has 1 aliphatic heterocycles. The average molecular weight is 276 g/mol. The van der Waals surface area contributed by atoms with Gasteiger partial charge in [0.15, 0.2) is 5.13 Å². The Kier molecular flexibility index (Phi) is 3.84. The largest absolute Gasteiger partial charge is 0.399 e. The summed E-state index contributed by atoms with van der Waals surface area (Å²) in [6.07, 6.45) is 4.09. The zero-order valence-electron chi connectivity index (χ0n) is 11.1. The molecule has 102 valence electrons. The number of nitrogens with one attached hydrogen (secondary N) is 1. The molecule has 3 rings (SSSR count). The van der Waals surface area contributed by atoms with Crippen LogP contribution in [0.3, 0.4) is 0 Å². The van der Waals surface area contributed by atoms with Crippen molar-refractivity contribution in [1.82, 2.24) is 9.88 Å². The Morgan fingerprint density at radius 1 is 1.26 bits per heavy atom. The van der Waals surface area contributed by atoms with E-state index in [1.54, 1.807) is 11.3 Å². The third-order valence-corrected chi connectivity index (χ3v) is 4.56. The number of thiazole rings is 1. The van der Waals surface area contributed by atoms with Gasteiger partial charge >= 0.3 is 0 Å². The van der Waals surface area contributed by atoms with E-state index >= 15 is 0 Å². The third kappa shape index (κ3) is 3.16. The monoisotopic (exact) mass is 276 g/mol. The molecule has 0 aliphatic carbocycles. The lowest BCUT2D eigenvalue weighted by molar-refractivity contribution is 0.237. The number of benzene rings is 1. The molecule has 5 heteroatoms. The topological polar surface area (TPSA) is 54.2 Å². The zero-order valence-corrected chi connectivity index (χ0v) is 11.9. The van der Waals surface area contributed by atoms with Gasteiger partial charge in [0.25, 0.3) is 0 Å². The van der Waals surface area contributed by atoms with E-state index in [0.29, 0.717) is 0 Å². The molecule has 1 fully saturated rings. The number of nitrogens with two attached hydrogens (primary N) is 1. The Morgan fingerprint density at radius 2 is 2.11 bits per heavy atom. The summed E-state index contributed by atoms with van der Waals surface area (Å²) in [5, 5.41) is 4.42. The van der Waals surface area contributed by atoms with Crippen LogP contribution in [0.1, 0.15) is 19.3 Å². The number of likely N-dealkylation sites (tertiary alicyclic amines) is 1. The van der Waals surface area contributed by atoms with Crippen molar-refractivity contribution in [1.29, 1.82) is 0 Å². The van der Waals surface area contributed by atoms with Gasteiger partial charge in [0.1, 0.15) is 0 Å². The molecule has 0 saturated carbocycles. The van der Waals surface area contributed by atoms with E-state index in [1.165, 1.54) is 37.1 Å². The van der Waals surface area contributed by atoms with Crippen LogP contribution in [0.2, 0.25) is 0 Å². The summed E-state index contributed by atoms with van der Waals surface area (Å²) in [5.74, 6) is 0. The van der Waals surface area contributed by atoms with Gasteiger partial charge in [0.05, 0.1) is 10.2 Å². The fraction of sp³-hybridized carbons (Fsp3) is 0.500. The van der Waals surface area contributed by atoms with Crippen LogP contribution in [0.15, 0.2) is 18.2 Å². The Bertz CT molecular complexity index is 545. The van der Waals surface area contributed by atoms with E-state index in [9.17, 15) is 0 Å². The molecule has 1 saturated heterocycles. The summed E-state index contributed by atoms with van der Waals surface area (Å²) in [6.45, 7) is 4.57. The zero-order chi connectivity index (χ0) is 13.1. The maximum atomic E-state index is 5.77. The first-order valence-electron chi connectivity index (χ1n) is 6.93. The minimum Gasteiger partial charge on any atom is -0.399 e. The third-order valence-electron chi connectivity index (χ3n) is 3.56. The molecule has 0 amide bonds. The molecular weight excluding hydrogens is 256 g/mol. The Hall–Kier alpha value is -1.33. The first-order valence-corrected chi connectivity index (χ1v) is 7.75. The molecule has 4 nitrogen and oxygen atoms in total. The summed E-state index contributed by atoms with van der Waals surface area (Å²) in [7, 11) is 0. The van der Waals surface area contributed by atoms with E-state index in [-0.39, 0.29) is 0 Å². The predicted molar refractivity (Wildman–Crippen MR) is 82.8 cm³/mol. The van der Waals surface area contributed by atoms with Gasteiger partial charge in [0.2, 0.25) is 0 Å². The van der Waals surface area contributed by atoms with Gasteiger partial charge < -0.3 is 16.0 Å². The molecule has 0 radical (unpaired) electrons. The quantitative estimate of drug-likeness (QED) is 0.843. The second-order valence-electron chi connectivity index (χ2n) is 5.08. The van der Waals surface area contributed by atoms with E-state index in [2.05, 4.69) is 15.2 Å². The fourth-order valence-electron chi connectivity index (χ4n) is 2.52. The molecule has 1 aliphatic rings. The molecule has 2 heterocycles. The van der Waals surface area contributed by atoms with Crippen LogP contribution in [0, 0.1) is 0 Å². The van der Waals surface area contributed by atoms with Gasteiger partial charge in [-0.25, -0.2) is 4.98 Å². The van der Waals surface area contributed by atoms with Crippen LogP contribution >= 0.6 is 11.3 Å². The number of fused-ring (bicyclic) bond motifs is 1. The smallest absolute Gasteiger partial charge is 0.183 e. The molecule has 0 atom stereocenters. The standard InChI is InChI=1S/C14H20N4S/c15-11-4-5-13-12(10-11)17-14(19-13)16-6-9-18-7-2-1-3-8-18/h4-5,10H,1-3,6-9,15H2,(H,16,17). The van der Waals surface area contributed by atoms with Gasteiger partial charge in [-0.3, -0.25) is 0 Å². The molecule has 19 heavy (non-hydrogen) atoms. The second-order valence-corrected chi connectivity index (χ2v) is 6.11. The van der Waals surface area contributed by atoms with Crippen LogP contribution in [0.25, 0.3) is 10.2 Å². The van der Waals surface area contributed by atoms with Gasteiger partial charge in [-0.05, 0) is 44.1 Å². The summed E-state index contributed by atoms with van der Waals surface area (Å²) in [6, 6.07) is 5.90. The average Bonchev–Trinajstić information content (AvgIpc) is 2.82. The number of rotatable bonds is 4. The van der Waals surface area contributed by atoms with E-state index in [1.807, 2.05) is 18.2 Å². The van der Waals surface area contributed by atoms with Crippen molar-refractivity contribution >= 4 is 32.4 Å². The lowest BCUT2D eigenvalue weighted by Gasteiger charge is -2.26. The SMILES string of the molecule is Nc1ccc2sc(NCCN3CCCCC3)nc2c1. The van der Waals surface area contributed by atoms with Gasteiger partial charge in [-0.2, -0.15) is 0 Å². The number of hydrogen-bond acceptors (Lipinski definition) is 5. The van der Waals surface area contributed by atoms with Crippen LogP contribution in [0.4, 0.5) is 10.8 Å². The normalized spacial score (nSPS) is 16.8. The van der Waals surface area contributed by atoms with E-state index in [4.69, 9.17) is 5.73 Å². The molecule has 1 aromatic carbocycles. The van der Waals surface area contributed by atoms with Crippen molar-refractivity contribution in [2.75, 3.05) is 37.2 Å². The molecule has 2 aromatic rings. The Morgan fingerprint density at radius 3 is 2.95 bits per heavy atom. The maximum absolute atomic E-state index is 5.77. The number of anilines is 2. The molecular formula is C14H20N4S. The molecule has 1 aromatic heterocycles. The van der Waals surface area contributed by atoms with Gasteiger partial charge in [0, 0.05) is 18.8 Å². The van der Waals surface area contributed by atoms with Crippen molar-refractivity contribution in [3.63, 3.8) is 0 Å². The summed E-state index contributed by atoms with van der Waals surface area (Å²) >= 11 is 1.70. The highest BCUT2D eigenvalue weighted by atomic mass is 32.1. The molecule has 0 bridgehead atoms. The summed E-state index contributed by atoms with van der Waals surface area (Å²) in [4.78, 5) is 7.09. The van der Waals surface area contributed by atoms with Crippen molar-refractivity contribution in [3.8, 4) is 0 Å². The fourth-order valence-corrected chi connectivity index (χ4v) is 3.40. The minimum absolute atomic E-state index is 0.776. The van der Waals surface area contributed by atoms with Crippen LogP contribution in [-0.4, -0.2) is 36.1 Å². The number of nitrogen functional groups attached to an aromatic ring is 1.